The predicted octanol–water partition coefficient (Wildman–Crippen LogP) is 4.00. The number of aliphatic carboxylic acids is 1. The van der Waals surface area contributed by atoms with Crippen molar-refractivity contribution in [1.82, 2.24) is 0 Å². The van der Waals surface area contributed by atoms with Crippen molar-refractivity contribution in [3.63, 3.8) is 0 Å². The number of carboxylic acids is 1. The zero-order valence-electron chi connectivity index (χ0n) is 12.9. The molecule has 118 valence electrons. The van der Waals surface area contributed by atoms with Gasteiger partial charge in [0, 0.05) is 0 Å². The van der Waals surface area contributed by atoms with E-state index in [1.807, 2.05) is 6.92 Å². The van der Waals surface area contributed by atoms with Gasteiger partial charge in [-0.15, -0.1) is 0 Å². The minimum atomic E-state index is -1.95. The van der Waals surface area contributed by atoms with E-state index in [1.165, 1.54) is 0 Å². The quantitative estimate of drug-likeness (QED) is 0.287. The minimum absolute atomic E-state index is 0.00645. The van der Waals surface area contributed by atoms with Crippen molar-refractivity contribution in [2.75, 3.05) is 0 Å². The van der Waals surface area contributed by atoms with Crippen molar-refractivity contribution in [3.8, 4) is 0 Å². The van der Waals surface area contributed by atoms with Crippen LogP contribution in [0.4, 0.5) is 0 Å². The summed E-state index contributed by atoms with van der Waals surface area (Å²) in [5.74, 6) is -1.52. The lowest BCUT2D eigenvalue weighted by molar-refractivity contribution is -0.160. The van der Waals surface area contributed by atoms with Gasteiger partial charge in [0.25, 0.3) is 0 Å². The lowest BCUT2D eigenvalue weighted by atomic mass is 10.0. The molecule has 0 rings (SSSR count). The number of alkyl halides is 1. The van der Waals surface area contributed by atoms with Gasteiger partial charge in [-0.2, -0.15) is 0 Å². The van der Waals surface area contributed by atoms with Gasteiger partial charge < -0.3 is 9.84 Å². The van der Waals surface area contributed by atoms with Crippen LogP contribution in [0, 0.1) is 5.92 Å². The predicted molar refractivity (Wildman–Crippen MR) is 80.0 cm³/mol. The summed E-state index contributed by atoms with van der Waals surface area (Å²) in [6.07, 6.45) is 4.39. The van der Waals surface area contributed by atoms with Gasteiger partial charge >= 0.3 is 11.9 Å². The number of carboxylic acid groups (broad SMARTS) is 1. The van der Waals surface area contributed by atoms with E-state index in [1.54, 1.807) is 6.92 Å². The number of esters is 1. The highest BCUT2D eigenvalue weighted by atomic mass is 35.5. The molecule has 5 heteroatoms. The van der Waals surface area contributed by atoms with E-state index in [2.05, 4.69) is 13.8 Å². The largest absolute Gasteiger partial charge is 0.479 e. The molecule has 0 aliphatic rings. The average molecular weight is 307 g/mol. The number of unbranched alkanes of at least 4 members (excludes halogenated alkanes) is 1. The molecule has 0 aromatic carbocycles. The molecule has 0 bridgehead atoms. The highest BCUT2D eigenvalue weighted by Crippen LogP contribution is 2.24. The Balaban J connectivity index is 4.34. The maximum Gasteiger partial charge on any atom is 0.339 e. The fourth-order valence-corrected chi connectivity index (χ4v) is 1.94. The van der Waals surface area contributed by atoms with Gasteiger partial charge in [0.15, 0.2) is 0 Å². The molecular weight excluding hydrogens is 280 g/mol. The SMILES string of the molecule is CCC(CCCCC(C)C)OC(=O)C(Cl)(CC)C(=O)O. The van der Waals surface area contributed by atoms with Crippen molar-refractivity contribution in [3.05, 3.63) is 0 Å². The minimum Gasteiger partial charge on any atom is -0.479 e. The molecule has 0 amide bonds. The third-order valence-corrected chi connectivity index (χ3v) is 4.02. The summed E-state index contributed by atoms with van der Waals surface area (Å²) in [6, 6.07) is 0. The van der Waals surface area contributed by atoms with E-state index in [0.29, 0.717) is 12.3 Å². The monoisotopic (exact) mass is 306 g/mol. The first-order chi connectivity index (χ1) is 9.27. The van der Waals surface area contributed by atoms with Gasteiger partial charge in [0.1, 0.15) is 6.10 Å². The van der Waals surface area contributed by atoms with Gasteiger partial charge in [0.05, 0.1) is 0 Å². The molecule has 20 heavy (non-hydrogen) atoms. The first-order valence-corrected chi connectivity index (χ1v) is 7.79. The highest BCUT2D eigenvalue weighted by molar-refractivity contribution is 6.44. The van der Waals surface area contributed by atoms with Crippen LogP contribution < -0.4 is 0 Å². The van der Waals surface area contributed by atoms with E-state index in [9.17, 15) is 9.59 Å². The number of halogens is 1. The van der Waals surface area contributed by atoms with Gasteiger partial charge in [-0.1, -0.05) is 52.1 Å². The summed E-state index contributed by atoms with van der Waals surface area (Å²) in [5, 5.41) is 9.03. The molecule has 0 radical (unpaired) electrons. The average Bonchev–Trinajstić information content (AvgIpc) is 2.40. The van der Waals surface area contributed by atoms with Crippen LogP contribution >= 0.6 is 11.6 Å². The van der Waals surface area contributed by atoms with E-state index in [0.717, 1.165) is 25.7 Å². The summed E-state index contributed by atoms with van der Waals surface area (Å²) < 4.78 is 5.27. The molecule has 0 saturated carbocycles. The van der Waals surface area contributed by atoms with Crippen LogP contribution in [0.25, 0.3) is 0 Å². The Hall–Kier alpha value is -0.770. The van der Waals surface area contributed by atoms with Gasteiger partial charge in [-0.3, -0.25) is 0 Å². The Morgan fingerprint density at radius 1 is 1.20 bits per heavy atom. The van der Waals surface area contributed by atoms with Gasteiger partial charge in [-0.05, 0) is 31.6 Å². The van der Waals surface area contributed by atoms with E-state index in [4.69, 9.17) is 21.4 Å². The fourth-order valence-electron chi connectivity index (χ4n) is 1.90. The van der Waals surface area contributed by atoms with Crippen LogP contribution in [-0.2, 0) is 14.3 Å². The Bertz CT molecular complexity index is 317. The molecule has 0 fully saturated rings. The lowest BCUT2D eigenvalue weighted by Gasteiger charge is -2.23. The number of hydrogen-bond donors (Lipinski definition) is 1. The highest BCUT2D eigenvalue weighted by Gasteiger charge is 2.45. The maximum absolute atomic E-state index is 11.9. The second-order valence-corrected chi connectivity index (χ2v) is 6.22. The van der Waals surface area contributed by atoms with Crippen molar-refractivity contribution in [2.24, 2.45) is 5.92 Å². The first kappa shape index (κ1) is 19.2. The number of carbonyl (C=O) groups is 2. The lowest BCUT2D eigenvalue weighted by Crippen LogP contribution is -2.43. The Morgan fingerprint density at radius 2 is 1.75 bits per heavy atom. The molecule has 0 aliphatic carbocycles. The van der Waals surface area contributed by atoms with Crippen molar-refractivity contribution >= 4 is 23.5 Å². The molecule has 0 aromatic heterocycles. The number of rotatable bonds is 10. The summed E-state index contributed by atoms with van der Waals surface area (Å²) in [6.45, 7) is 7.83. The topological polar surface area (TPSA) is 63.6 Å². The van der Waals surface area contributed by atoms with E-state index >= 15 is 0 Å². The zero-order chi connectivity index (χ0) is 15.8. The smallest absolute Gasteiger partial charge is 0.339 e. The van der Waals surface area contributed by atoms with E-state index < -0.39 is 16.8 Å². The van der Waals surface area contributed by atoms with Gasteiger partial charge in [0.2, 0.25) is 4.87 Å². The number of ether oxygens (including phenoxy) is 1. The molecule has 0 heterocycles. The summed E-state index contributed by atoms with van der Waals surface area (Å²) in [7, 11) is 0. The molecule has 0 aliphatic heterocycles. The van der Waals surface area contributed by atoms with Crippen molar-refractivity contribution in [1.29, 1.82) is 0 Å². The Morgan fingerprint density at radius 3 is 2.15 bits per heavy atom. The molecule has 0 aromatic rings. The maximum atomic E-state index is 11.9. The van der Waals surface area contributed by atoms with Crippen molar-refractivity contribution in [2.45, 2.75) is 77.2 Å². The van der Waals surface area contributed by atoms with E-state index in [-0.39, 0.29) is 12.5 Å². The molecule has 0 spiro atoms. The van der Waals surface area contributed by atoms with Crippen LogP contribution in [0.5, 0.6) is 0 Å². The summed E-state index contributed by atoms with van der Waals surface area (Å²) in [4.78, 5) is 21.0. The molecule has 4 nitrogen and oxygen atoms in total. The van der Waals surface area contributed by atoms with Crippen LogP contribution in [0.2, 0.25) is 0 Å². The Kier molecular flexibility index (Phi) is 8.86. The third kappa shape index (κ3) is 6.12. The molecule has 2 atom stereocenters. The standard InChI is InChI=1S/C15H27ClO4/c1-5-12(10-8-7-9-11(3)4)20-14(19)15(16,6-2)13(17)18/h11-12H,5-10H2,1-4H3,(H,17,18). The third-order valence-electron chi connectivity index (χ3n) is 3.44. The van der Waals surface area contributed by atoms with Crippen LogP contribution in [0.1, 0.15) is 66.2 Å². The van der Waals surface area contributed by atoms with Crippen LogP contribution in [0.15, 0.2) is 0 Å². The second kappa shape index (κ2) is 9.22. The van der Waals surface area contributed by atoms with Crippen LogP contribution in [-0.4, -0.2) is 28.0 Å². The van der Waals surface area contributed by atoms with Crippen molar-refractivity contribution < 1.29 is 19.4 Å². The summed E-state index contributed by atoms with van der Waals surface area (Å²) >= 11 is 5.84. The fraction of sp³-hybridized carbons (Fsp3) is 0.867. The second-order valence-electron chi connectivity index (χ2n) is 5.57. The number of hydrogen-bond acceptors (Lipinski definition) is 3. The molecule has 1 N–H and O–H groups in total. The van der Waals surface area contributed by atoms with Gasteiger partial charge in [-0.25, -0.2) is 9.59 Å². The number of carbonyl (C=O) groups excluding carboxylic acids is 1. The zero-order valence-corrected chi connectivity index (χ0v) is 13.7. The Labute approximate surface area is 126 Å². The normalized spacial score (nSPS) is 15.7. The summed E-state index contributed by atoms with van der Waals surface area (Å²) in [5.41, 5.74) is 0. The first-order valence-electron chi connectivity index (χ1n) is 7.41. The molecule has 0 saturated heterocycles. The van der Waals surface area contributed by atoms with Crippen LogP contribution in [0.3, 0.4) is 0 Å². The molecular formula is C15H27ClO4. The molecule has 2 unspecified atom stereocenters.